The van der Waals surface area contributed by atoms with Crippen LogP contribution in [0.4, 0.5) is 5.69 Å². The van der Waals surface area contributed by atoms with E-state index < -0.39 is 10.1 Å². The minimum atomic E-state index is -4.23. The van der Waals surface area contributed by atoms with Crippen LogP contribution in [0.3, 0.4) is 0 Å². The highest BCUT2D eigenvalue weighted by Gasteiger charge is 2.15. The normalized spacial score (nSPS) is 11.4. The van der Waals surface area contributed by atoms with Crippen LogP contribution in [0.2, 0.25) is 0 Å². The first-order valence-corrected chi connectivity index (χ1v) is 6.20. The molecule has 0 aromatic heterocycles. The molecule has 0 bridgehead atoms. The van der Waals surface area contributed by atoms with Gasteiger partial charge in [-0.15, -0.1) is 0 Å². The lowest BCUT2D eigenvalue weighted by Gasteiger charge is -2.08. The molecule has 7 heteroatoms. The molecule has 6 nitrogen and oxygen atoms in total. The van der Waals surface area contributed by atoms with E-state index in [2.05, 4.69) is 5.43 Å². The van der Waals surface area contributed by atoms with Gasteiger partial charge in [0.1, 0.15) is 0 Å². The summed E-state index contributed by atoms with van der Waals surface area (Å²) in [7, 11) is -4.23. The van der Waals surface area contributed by atoms with Crippen LogP contribution in [-0.2, 0) is 16.5 Å². The van der Waals surface area contributed by atoms with Gasteiger partial charge in [0.25, 0.3) is 10.1 Å². The number of nitrogens with one attached hydrogen (secondary N) is 1. The van der Waals surface area contributed by atoms with Crippen molar-refractivity contribution in [3.8, 4) is 0 Å². The molecule has 0 unspecified atom stereocenters. The maximum atomic E-state index is 11.1. The van der Waals surface area contributed by atoms with E-state index in [4.69, 9.17) is 16.1 Å². The highest BCUT2D eigenvalue weighted by Crippen LogP contribution is 2.21. The van der Waals surface area contributed by atoms with Gasteiger partial charge in [0.2, 0.25) is 0 Å². The molecule has 0 aliphatic heterocycles. The van der Waals surface area contributed by atoms with E-state index in [-0.39, 0.29) is 4.90 Å². The molecule has 0 radical (unpaired) electrons. The summed E-state index contributed by atoms with van der Waals surface area (Å²) in [6.45, 7) is 0.460. The number of rotatable bonds is 5. The van der Waals surface area contributed by atoms with E-state index in [9.17, 15) is 8.42 Å². The molecule has 90 valence electrons. The molecule has 6 N–H and O–H groups in total. The quantitative estimate of drug-likeness (QED) is 0.332. The number of hydrazine groups is 1. The number of hydrogen-bond donors (Lipinski definition) is 4. The Kier molecular flexibility index (Phi) is 4.25. The highest BCUT2D eigenvalue weighted by atomic mass is 32.2. The zero-order valence-electron chi connectivity index (χ0n) is 8.68. The minimum Gasteiger partial charge on any atom is -0.330 e. The van der Waals surface area contributed by atoms with Gasteiger partial charge in [-0.25, -0.2) is 0 Å². The van der Waals surface area contributed by atoms with E-state index in [1.54, 1.807) is 12.1 Å². The second kappa shape index (κ2) is 5.26. The first-order valence-electron chi connectivity index (χ1n) is 4.76. The van der Waals surface area contributed by atoms with Crippen LogP contribution in [0.1, 0.15) is 12.0 Å². The van der Waals surface area contributed by atoms with Crippen LogP contribution >= 0.6 is 0 Å². The molecule has 0 saturated carbocycles. The lowest BCUT2D eigenvalue weighted by atomic mass is 10.1. The van der Waals surface area contributed by atoms with Crippen LogP contribution in [0.25, 0.3) is 0 Å². The average Bonchev–Trinajstić information content (AvgIpc) is 2.25. The molecule has 0 aliphatic rings. The van der Waals surface area contributed by atoms with Gasteiger partial charge >= 0.3 is 0 Å². The zero-order chi connectivity index (χ0) is 12.2. The van der Waals surface area contributed by atoms with Gasteiger partial charge < -0.3 is 11.2 Å². The summed E-state index contributed by atoms with van der Waals surface area (Å²) >= 11 is 0. The summed E-state index contributed by atoms with van der Waals surface area (Å²) in [4.78, 5) is -0.128. The summed E-state index contributed by atoms with van der Waals surface area (Å²) in [6, 6.07) is 4.54. The molecule has 1 aromatic rings. The summed E-state index contributed by atoms with van der Waals surface area (Å²) < 4.78 is 31.3. The van der Waals surface area contributed by atoms with Crippen LogP contribution in [-0.4, -0.2) is 19.5 Å². The molecule has 1 rings (SSSR count). The Labute approximate surface area is 94.4 Å². The average molecular weight is 245 g/mol. The van der Waals surface area contributed by atoms with Crippen molar-refractivity contribution >= 4 is 15.8 Å². The van der Waals surface area contributed by atoms with Gasteiger partial charge in [0.15, 0.2) is 0 Å². The van der Waals surface area contributed by atoms with Gasteiger partial charge in [-0.1, -0.05) is 6.07 Å². The first-order chi connectivity index (χ1) is 7.49. The van der Waals surface area contributed by atoms with Crippen molar-refractivity contribution in [1.29, 1.82) is 0 Å². The van der Waals surface area contributed by atoms with E-state index in [1.165, 1.54) is 6.07 Å². The van der Waals surface area contributed by atoms with Crippen LogP contribution in [0.5, 0.6) is 0 Å². The number of anilines is 1. The molecule has 0 aliphatic carbocycles. The molecule has 0 heterocycles. The number of hydrogen-bond acceptors (Lipinski definition) is 5. The zero-order valence-corrected chi connectivity index (χ0v) is 9.50. The largest absolute Gasteiger partial charge is 0.330 e. The molecule has 16 heavy (non-hydrogen) atoms. The van der Waals surface area contributed by atoms with Gasteiger partial charge in [-0.05, 0) is 37.1 Å². The molecule has 0 atom stereocenters. The highest BCUT2D eigenvalue weighted by molar-refractivity contribution is 7.85. The third-order valence-corrected chi connectivity index (χ3v) is 3.10. The number of nitrogen functional groups attached to an aromatic ring is 1. The first kappa shape index (κ1) is 12.9. The lowest BCUT2D eigenvalue weighted by Crippen LogP contribution is -2.10. The predicted molar refractivity (Wildman–Crippen MR) is 61.4 cm³/mol. The predicted octanol–water partition coefficient (Wildman–Crippen LogP) is 0.110. The standard InChI is InChI=1S/C9H15N3O3S/c10-5-1-2-7-3-4-8(12-11)6-9(7)16(13,14)15/h3-4,6,12H,1-2,5,10-11H2,(H,13,14,15). The number of benzene rings is 1. The van der Waals surface area contributed by atoms with Crippen LogP contribution < -0.4 is 17.0 Å². The van der Waals surface area contributed by atoms with Gasteiger partial charge in [0, 0.05) is 5.69 Å². The Bertz CT molecular complexity index is 459. The summed E-state index contributed by atoms with van der Waals surface area (Å²) in [6.07, 6.45) is 1.15. The fourth-order valence-electron chi connectivity index (χ4n) is 1.38. The molecular formula is C9H15N3O3S. The van der Waals surface area contributed by atoms with Crippen molar-refractivity contribution < 1.29 is 13.0 Å². The monoisotopic (exact) mass is 245 g/mol. The van der Waals surface area contributed by atoms with Crippen molar-refractivity contribution in [3.63, 3.8) is 0 Å². The van der Waals surface area contributed by atoms with Gasteiger partial charge in [-0.2, -0.15) is 8.42 Å². The Balaban J connectivity index is 3.17. The molecule has 0 saturated heterocycles. The smallest absolute Gasteiger partial charge is 0.294 e. The summed E-state index contributed by atoms with van der Waals surface area (Å²) in [5, 5.41) is 0. The molecule has 0 fully saturated rings. The fraction of sp³-hybridized carbons (Fsp3) is 0.333. The van der Waals surface area contributed by atoms with Crippen molar-refractivity contribution in [3.05, 3.63) is 23.8 Å². The maximum Gasteiger partial charge on any atom is 0.294 e. The second-order valence-electron chi connectivity index (χ2n) is 3.33. The van der Waals surface area contributed by atoms with Crippen LogP contribution in [0.15, 0.2) is 23.1 Å². The van der Waals surface area contributed by atoms with Crippen molar-refractivity contribution in [2.45, 2.75) is 17.7 Å². The molecule has 0 spiro atoms. The van der Waals surface area contributed by atoms with Gasteiger partial charge in [-0.3, -0.25) is 10.4 Å². The SMILES string of the molecule is NCCCc1ccc(NN)cc1S(=O)(=O)O. The second-order valence-corrected chi connectivity index (χ2v) is 4.72. The van der Waals surface area contributed by atoms with Crippen molar-refractivity contribution in [2.24, 2.45) is 11.6 Å². The fourth-order valence-corrected chi connectivity index (χ4v) is 2.16. The lowest BCUT2D eigenvalue weighted by molar-refractivity contribution is 0.482. The molecule has 0 amide bonds. The number of aryl methyl sites for hydroxylation is 1. The third kappa shape index (κ3) is 3.17. The van der Waals surface area contributed by atoms with E-state index in [0.717, 1.165) is 0 Å². The summed E-state index contributed by atoms with van der Waals surface area (Å²) in [5.41, 5.74) is 8.62. The molecule has 1 aromatic carbocycles. The van der Waals surface area contributed by atoms with Crippen molar-refractivity contribution in [2.75, 3.05) is 12.0 Å². The Morgan fingerprint density at radius 2 is 2.06 bits per heavy atom. The van der Waals surface area contributed by atoms with Gasteiger partial charge in [0.05, 0.1) is 4.90 Å². The Morgan fingerprint density at radius 1 is 1.38 bits per heavy atom. The van der Waals surface area contributed by atoms with Crippen molar-refractivity contribution in [1.82, 2.24) is 0 Å². The van der Waals surface area contributed by atoms with Crippen LogP contribution in [0, 0.1) is 0 Å². The van der Waals surface area contributed by atoms with E-state index >= 15 is 0 Å². The topological polar surface area (TPSA) is 118 Å². The Morgan fingerprint density at radius 3 is 2.56 bits per heavy atom. The summed E-state index contributed by atoms with van der Waals surface area (Å²) in [5.74, 6) is 5.17. The Hall–Kier alpha value is -1.15. The van der Waals surface area contributed by atoms with E-state index in [0.29, 0.717) is 30.6 Å². The molecular weight excluding hydrogens is 230 g/mol. The number of nitrogens with two attached hydrogens (primary N) is 2. The minimum absolute atomic E-state index is 0.128. The van der Waals surface area contributed by atoms with E-state index in [1.807, 2.05) is 0 Å². The maximum absolute atomic E-state index is 11.1. The third-order valence-electron chi connectivity index (χ3n) is 2.16.